The summed E-state index contributed by atoms with van der Waals surface area (Å²) in [4.78, 5) is 23.9. The molecule has 0 bridgehead atoms. The van der Waals surface area contributed by atoms with Crippen LogP contribution in [0.3, 0.4) is 0 Å². The molecule has 0 radical (unpaired) electrons. The number of hydrogen-bond donors (Lipinski definition) is 1. The molecule has 1 heterocycles. The maximum atomic E-state index is 12.2. The Bertz CT molecular complexity index is 693. The number of carbonyl (C=O) groups excluding carboxylic acids is 1. The van der Waals surface area contributed by atoms with E-state index in [9.17, 15) is 9.59 Å². The second kappa shape index (κ2) is 7.40. The molecule has 6 nitrogen and oxygen atoms in total. The van der Waals surface area contributed by atoms with Crippen molar-refractivity contribution in [2.45, 2.75) is 26.3 Å². The lowest BCUT2D eigenvalue weighted by Gasteiger charge is -2.08. The zero-order valence-electron chi connectivity index (χ0n) is 12.7. The topological polar surface area (TPSA) is 73.2 Å². The predicted molar refractivity (Wildman–Crippen MR) is 84.4 cm³/mol. The lowest BCUT2D eigenvalue weighted by molar-refractivity contribution is 0.101. The smallest absolute Gasteiger partial charge is 0.276 e. The molecule has 116 valence electrons. The van der Waals surface area contributed by atoms with Gasteiger partial charge in [0, 0.05) is 18.3 Å². The first-order valence-corrected chi connectivity index (χ1v) is 7.17. The summed E-state index contributed by atoms with van der Waals surface area (Å²) in [5.41, 5.74) is 0.653. The summed E-state index contributed by atoms with van der Waals surface area (Å²) in [5.74, 6) is 0.361. The third-order valence-electron chi connectivity index (χ3n) is 3.17. The maximum absolute atomic E-state index is 12.2. The van der Waals surface area contributed by atoms with Crippen molar-refractivity contribution in [1.82, 2.24) is 9.78 Å². The van der Waals surface area contributed by atoms with Gasteiger partial charge < -0.3 is 10.1 Å². The number of rotatable bonds is 6. The SMILES string of the molecule is CCCCn1nc(C(=O)Nc2ccc(OC)cc2)ccc1=O. The fourth-order valence-corrected chi connectivity index (χ4v) is 1.91. The minimum absolute atomic E-state index is 0.200. The number of anilines is 1. The van der Waals surface area contributed by atoms with E-state index in [-0.39, 0.29) is 17.2 Å². The van der Waals surface area contributed by atoms with Crippen LogP contribution < -0.4 is 15.6 Å². The summed E-state index contributed by atoms with van der Waals surface area (Å²) in [6.07, 6.45) is 1.80. The molecule has 1 aromatic heterocycles. The van der Waals surface area contributed by atoms with Crippen LogP contribution in [-0.4, -0.2) is 22.8 Å². The second-order valence-corrected chi connectivity index (χ2v) is 4.82. The molecule has 0 unspecified atom stereocenters. The van der Waals surface area contributed by atoms with Gasteiger partial charge in [0.15, 0.2) is 0 Å². The average Bonchev–Trinajstić information content (AvgIpc) is 2.54. The number of methoxy groups -OCH3 is 1. The fraction of sp³-hybridized carbons (Fsp3) is 0.312. The van der Waals surface area contributed by atoms with Gasteiger partial charge in [-0.1, -0.05) is 13.3 Å². The molecule has 2 rings (SSSR count). The number of nitrogens with zero attached hydrogens (tertiary/aromatic N) is 2. The number of nitrogens with one attached hydrogen (secondary N) is 1. The minimum atomic E-state index is -0.351. The molecule has 0 spiro atoms. The number of aryl methyl sites for hydroxylation is 1. The third kappa shape index (κ3) is 3.94. The van der Waals surface area contributed by atoms with Gasteiger partial charge >= 0.3 is 0 Å². The zero-order chi connectivity index (χ0) is 15.9. The van der Waals surface area contributed by atoms with Crippen molar-refractivity contribution < 1.29 is 9.53 Å². The number of amides is 1. The Morgan fingerprint density at radius 3 is 2.59 bits per heavy atom. The molecule has 0 aliphatic carbocycles. The van der Waals surface area contributed by atoms with Crippen molar-refractivity contribution in [2.75, 3.05) is 12.4 Å². The number of ether oxygens (including phenoxy) is 1. The number of benzene rings is 1. The first-order chi connectivity index (χ1) is 10.6. The van der Waals surface area contributed by atoms with Crippen molar-refractivity contribution in [3.05, 3.63) is 52.4 Å². The Morgan fingerprint density at radius 2 is 1.95 bits per heavy atom. The molecule has 0 saturated carbocycles. The van der Waals surface area contributed by atoms with Crippen molar-refractivity contribution in [3.63, 3.8) is 0 Å². The maximum Gasteiger partial charge on any atom is 0.276 e. The summed E-state index contributed by atoms with van der Waals surface area (Å²) in [6.45, 7) is 2.55. The van der Waals surface area contributed by atoms with Crippen molar-refractivity contribution in [1.29, 1.82) is 0 Å². The Labute approximate surface area is 128 Å². The minimum Gasteiger partial charge on any atom is -0.497 e. The Morgan fingerprint density at radius 1 is 1.23 bits per heavy atom. The Balaban J connectivity index is 2.12. The molecule has 22 heavy (non-hydrogen) atoms. The summed E-state index contributed by atoms with van der Waals surface area (Å²) in [5, 5.41) is 6.85. The van der Waals surface area contributed by atoms with Gasteiger partial charge in [-0.15, -0.1) is 0 Å². The van der Waals surface area contributed by atoms with E-state index >= 15 is 0 Å². The largest absolute Gasteiger partial charge is 0.497 e. The molecule has 0 saturated heterocycles. The van der Waals surface area contributed by atoms with Crippen LogP contribution in [0.25, 0.3) is 0 Å². The monoisotopic (exact) mass is 301 g/mol. The van der Waals surface area contributed by atoms with Gasteiger partial charge in [-0.05, 0) is 36.8 Å². The quantitative estimate of drug-likeness (QED) is 0.888. The van der Waals surface area contributed by atoms with E-state index in [1.165, 1.54) is 16.8 Å². The molecule has 6 heteroatoms. The predicted octanol–water partition coefficient (Wildman–Crippen LogP) is 2.30. The van der Waals surface area contributed by atoms with E-state index in [0.29, 0.717) is 18.0 Å². The highest BCUT2D eigenvalue weighted by molar-refractivity contribution is 6.02. The second-order valence-electron chi connectivity index (χ2n) is 4.82. The van der Waals surface area contributed by atoms with Crippen LogP contribution in [0.15, 0.2) is 41.2 Å². The molecule has 1 amide bonds. The van der Waals surface area contributed by atoms with Crippen LogP contribution in [0.5, 0.6) is 5.75 Å². The summed E-state index contributed by atoms with van der Waals surface area (Å²) < 4.78 is 6.39. The Hall–Kier alpha value is -2.63. The number of aromatic nitrogens is 2. The van der Waals surface area contributed by atoms with Crippen molar-refractivity contribution in [3.8, 4) is 5.75 Å². The van der Waals surface area contributed by atoms with E-state index in [1.54, 1.807) is 31.4 Å². The van der Waals surface area contributed by atoms with Gasteiger partial charge in [-0.25, -0.2) is 4.68 Å². The Kier molecular flexibility index (Phi) is 5.30. The highest BCUT2D eigenvalue weighted by Crippen LogP contribution is 2.15. The molecule has 0 aliphatic rings. The van der Waals surface area contributed by atoms with Gasteiger partial charge in [0.2, 0.25) is 0 Å². The third-order valence-corrected chi connectivity index (χ3v) is 3.17. The fourth-order valence-electron chi connectivity index (χ4n) is 1.91. The van der Waals surface area contributed by atoms with Crippen molar-refractivity contribution in [2.24, 2.45) is 0 Å². The molecular weight excluding hydrogens is 282 g/mol. The van der Waals surface area contributed by atoms with Crippen molar-refractivity contribution >= 4 is 11.6 Å². The van der Waals surface area contributed by atoms with Crippen LogP contribution in [0, 0.1) is 0 Å². The van der Waals surface area contributed by atoms with Gasteiger partial charge in [0.25, 0.3) is 11.5 Å². The summed E-state index contributed by atoms with van der Waals surface area (Å²) >= 11 is 0. The van der Waals surface area contributed by atoms with Crippen LogP contribution in [0.4, 0.5) is 5.69 Å². The lowest BCUT2D eigenvalue weighted by atomic mass is 10.3. The lowest BCUT2D eigenvalue weighted by Crippen LogP contribution is -2.26. The first-order valence-electron chi connectivity index (χ1n) is 7.17. The van der Waals surface area contributed by atoms with Crippen LogP contribution in [-0.2, 0) is 6.54 Å². The zero-order valence-corrected chi connectivity index (χ0v) is 12.7. The molecule has 2 aromatic rings. The molecule has 0 fully saturated rings. The van der Waals surface area contributed by atoms with E-state index in [2.05, 4.69) is 10.4 Å². The van der Waals surface area contributed by atoms with Gasteiger partial charge in [-0.3, -0.25) is 9.59 Å². The summed E-state index contributed by atoms with van der Waals surface area (Å²) in [6, 6.07) is 9.79. The molecule has 1 N–H and O–H groups in total. The van der Waals surface area contributed by atoms with Crippen LogP contribution in [0.2, 0.25) is 0 Å². The molecule has 0 atom stereocenters. The standard InChI is InChI=1S/C16H19N3O3/c1-3-4-11-19-15(20)10-9-14(18-19)16(21)17-12-5-7-13(22-2)8-6-12/h5-10H,3-4,11H2,1-2H3,(H,17,21). The normalized spacial score (nSPS) is 10.3. The van der Waals surface area contributed by atoms with Crippen LogP contribution in [0.1, 0.15) is 30.3 Å². The van der Waals surface area contributed by atoms with E-state index in [1.807, 2.05) is 6.92 Å². The molecular formula is C16H19N3O3. The number of unbranched alkanes of at least 4 members (excludes halogenated alkanes) is 1. The highest BCUT2D eigenvalue weighted by Gasteiger charge is 2.10. The van der Waals surface area contributed by atoms with Gasteiger partial charge in [-0.2, -0.15) is 5.10 Å². The highest BCUT2D eigenvalue weighted by atomic mass is 16.5. The molecule has 0 aliphatic heterocycles. The van der Waals surface area contributed by atoms with E-state index < -0.39 is 0 Å². The van der Waals surface area contributed by atoms with Gasteiger partial charge in [0.05, 0.1) is 7.11 Å². The van der Waals surface area contributed by atoms with E-state index in [4.69, 9.17) is 4.74 Å². The van der Waals surface area contributed by atoms with Crippen LogP contribution >= 0.6 is 0 Å². The molecule has 1 aromatic carbocycles. The first kappa shape index (κ1) is 15.8. The van der Waals surface area contributed by atoms with Gasteiger partial charge in [0.1, 0.15) is 11.4 Å². The van der Waals surface area contributed by atoms with E-state index in [0.717, 1.165) is 12.8 Å². The number of hydrogen-bond acceptors (Lipinski definition) is 4. The number of carbonyl (C=O) groups is 1. The summed E-state index contributed by atoms with van der Waals surface area (Å²) in [7, 11) is 1.58. The average molecular weight is 301 g/mol.